The number of rotatable bonds is 0. The highest BCUT2D eigenvalue weighted by Gasteiger charge is 2.58. The number of nitrogens with zero attached hydrogens (tertiary/aromatic N) is 1. The number of aromatic nitrogens is 1. The first-order valence-corrected chi connectivity index (χ1v) is 10.5. The average Bonchev–Trinajstić information content (AvgIpc) is 3.21. The standard InChI is InChI=1S/C23H28N4O2.2H2/c1-14-16-4-6-23(10-16)11-17(23)12-28-13-27-21-8-15(5-7-26-21)22(25)19-9-18(29-14)2-3-20(19)24;;/h2-3,5,7-9,14,16-17,25H,4,6,10-13,24H2,1H3,(H,26,27);2*1H. The maximum atomic E-state index is 8.68. The molecule has 1 aromatic heterocycles. The predicted octanol–water partition coefficient (Wildman–Crippen LogP) is 4.55. The molecule has 156 valence electrons. The summed E-state index contributed by atoms with van der Waals surface area (Å²) in [7, 11) is 0. The van der Waals surface area contributed by atoms with E-state index in [0.29, 0.717) is 46.8 Å². The Labute approximate surface area is 174 Å². The number of anilines is 2. The molecule has 2 heterocycles. The Morgan fingerprint density at radius 2 is 2.17 bits per heavy atom. The zero-order valence-electron chi connectivity index (χ0n) is 16.8. The first-order valence-electron chi connectivity index (χ1n) is 10.5. The Morgan fingerprint density at radius 1 is 1.28 bits per heavy atom. The summed E-state index contributed by atoms with van der Waals surface area (Å²) in [5.74, 6) is 2.70. The van der Waals surface area contributed by atoms with Crippen LogP contribution in [0.1, 0.15) is 46.6 Å². The van der Waals surface area contributed by atoms with Gasteiger partial charge in [0.05, 0.1) is 18.4 Å². The summed E-state index contributed by atoms with van der Waals surface area (Å²) in [6, 6.07) is 9.33. The Morgan fingerprint density at radius 3 is 3.07 bits per heavy atom. The highest BCUT2D eigenvalue weighted by Crippen LogP contribution is 2.64. The zero-order valence-corrected chi connectivity index (χ0v) is 16.8. The summed E-state index contributed by atoms with van der Waals surface area (Å²) in [6.45, 7) is 3.39. The summed E-state index contributed by atoms with van der Waals surface area (Å²) in [5, 5.41) is 11.9. The second-order valence-electron chi connectivity index (χ2n) is 8.83. The van der Waals surface area contributed by atoms with Crippen molar-refractivity contribution >= 4 is 17.2 Å². The smallest absolute Gasteiger partial charge is 0.128 e. The topological polar surface area (TPSA) is 93.3 Å². The van der Waals surface area contributed by atoms with E-state index in [1.54, 1.807) is 6.20 Å². The molecule has 1 spiro atoms. The van der Waals surface area contributed by atoms with Crippen molar-refractivity contribution in [2.75, 3.05) is 24.4 Å². The normalized spacial score (nSPS) is 31.2. The Kier molecular flexibility index (Phi) is 4.46. The van der Waals surface area contributed by atoms with Gasteiger partial charge >= 0.3 is 0 Å². The summed E-state index contributed by atoms with van der Waals surface area (Å²) in [5.41, 5.74) is 9.02. The van der Waals surface area contributed by atoms with Gasteiger partial charge in [0.15, 0.2) is 0 Å². The van der Waals surface area contributed by atoms with Crippen LogP contribution in [0.2, 0.25) is 0 Å². The van der Waals surface area contributed by atoms with E-state index in [1.165, 1.54) is 25.7 Å². The fourth-order valence-corrected chi connectivity index (χ4v) is 5.12. The minimum Gasteiger partial charge on any atom is -0.490 e. The Hall–Kier alpha value is -2.60. The van der Waals surface area contributed by atoms with Gasteiger partial charge in [-0.3, -0.25) is 5.41 Å². The maximum absolute atomic E-state index is 8.68. The van der Waals surface area contributed by atoms with E-state index in [2.05, 4.69) is 17.2 Å². The minimum atomic E-state index is 0. The first-order chi connectivity index (χ1) is 14.0. The number of nitrogen functional groups attached to an aromatic ring is 1. The molecule has 2 saturated carbocycles. The number of nitrogens with one attached hydrogen (secondary N) is 2. The Balaban J connectivity index is 0.00000136. The van der Waals surface area contributed by atoms with E-state index >= 15 is 0 Å². The van der Waals surface area contributed by atoms with Gasteiger partial charge in [0.25, 0.3) is 0 Å². The molecule has 1 aliphatic heterocycles. The van der Waals surface area contributed by atoms with Gasteiger partial charge in [-0.2, -0.15) is 0 Å². The largest absolute Gasteiger partial charge is 0.490 e. The van der Waals surface area contributed by atoms with Crippen molar-refractivity contribution in [2.45, 2.75) is 38.7 Å². The molecule has 6 bridgehead atoms. The number of hydrogen-bond donors (Lipinski definition) is 3. The molecule has 5 rings (SSSR count). The summed E-state index contributed by atoms with van der Waals surface area (Å²) >= 11 is 0. The van der Waals surface area contributed by atoms with E-state index in [1.807, 2.05) is 30.3 Å². The lowest BCUT2D eigenvalue weighted by Gasteiger charge is -2.22. The highest BCUT2D eigenvalue weighted by molar-refractivity contribution is 6.14. The molecule has 0 amide bonds. The number of hydrogen-bond acceptors (Lipinski definition) is 6. The third kappa shape index (κ3) is 3.46. The first kappa shape index (κ1) is 18.4. The lowest BCUT2D eigenvalue weighted by Crippen LogP contribution is -2.22. The molecule has 2 aromatic rings. The molecule has 0 saturated heterocycles. The lowest BCUT2D eigenvalue weighted by atomic mass is 9.96. The average molecular weight is 397 g/mol. The number of fused-ring (bicyclic) bond motifs is 5. The molecule has 3 aliphatic rings. The van der Waals surface area contributed by atoms with Crippen LogP contribution < -0.4 is 15.8 Å². The molecule has 4 atom stereocenters. The second kappa shape index (κ2) is 7.02. The maximum Gasteiger partial charge on any atom is 0.128 e. The van der Waals surface area contributed by atoms with E-state index in [4.69, 9.17) is 20.6 Å². The van der Waals surface area contributed by atoms with Crippen LogP contribution in [-0.2, 0) is 4.74 Å². The van der Waals surface area contributed by atoms with Crippen LogP contribution in [-0.4, -0.2) is 30.1 Å². The van der Waals surface area contributed by atoms with Gasteiger partial charge in [-0.25, -0.2) is 4.98 Å². The molecule has 1 aromatic carbocycles. The summed E-state index contributed by atoms with van der Waals surface area (Å²) in [4.78, 5) is 4.35. The number of nitrogens with two attached hydrogens (primary N) is 1. The molecule has 29 heavy (non-hydrogen) atoms. The zero-order chi connectivity index (χ0) is 20.0. The van der Waals surface area contributed by atoms with Gasteiger partial charge in [-0.05, 0) is 80.2 Å². The van der Waals surface area contributed by atoms with E-state index < -0.39 is 0 Å². The van der Waals surface area contributed by atoms with Crippen molar-refractivity contribution in [3.63, 3.8) is 0 Å². The fourth-order valence-electron chi connectivity index (χ4n) is 5.12. The van der Waals surface area contributed by atoms with Gasteiger partial charge in [0, 0.05) is 25.9 Å². The molecule has 2 aliphatic carbocycles. The van der Waals surface area contributed by atoms with Crippen molar-refractivity contribution in [3.8, 4) is 5.75 Å². The third-order valence-electron chi connectivity index (χ3n) is 7.04. The van der Waals surface area contributed by atoms with Crippen LogP contribution in [0.25, 0.3) is 0 Å². The highest BCUT2D eigenvalue weighted by atomic mass is 16.5. The quantitative estimate of drug-likeness (QED) is 0.568. The lowest BCUT2D eigenvalue weighted by molar-refractivity contribution is 0.124. The molecular formula is C23H32N4O2. The monoisotopic (exact) mass is 396 g/mol. The summed E-state index contributed by atoms with van der Waals surface area (Å²) < 4.78 is 12.2. The van der Waals surface area contributed by atoms with Crippen molar-refractivity contribution in [1.29, 1.82) is 5.41 Å². The van der Waals surface area contributed by atoms with Gasteiger partial charge in [-0.15, -0.1) is 0 Å². The van der Waals surface area contributed by atoms with Crippen molar-refractivity contribution in [3.05, 3.63) is 47.7 Å². The van der Waals surface area contributed by atoms with Crippen LogP contribution in [0.15, 0.2) is 36.5 Å². The number of pyridine rings is 1. The van der Waals surface area contributed by atoms with E-state index in [-0.39, 0.29) is 8.96 Å². The van der Waals surface area contributed by atoms with E-state index in [9.17, 15) is 0 Å². The molecule has 6 heteroatoms. The third-order valence-corrected chi connectivity index (χ3v) is 7.04. The molecule has 4 unspecified atom stereocenters. The summed E-state index contributed by atoms with van der Waals surface area (Å²) in [6.07, 6.45) is 6.82. The number of ether oxygens (including phenoxy) is 2. The molecule has 4 N–H and O–H groups in total. The van der Waals surface area contributed by atoms with Crippen molar-refractivity contribution < 1.29 is 12.3 Å². The fraction of sp³-hybridized carbons (Fsp3) is 0.478. The SMILES string of the molecule is CC1Oc2ccc(N)c(c2)C(=N)c2ccnc(c2)NCOCC2CC23CCC1C3.[HH].[HH]. The van der Waals surface area contributed by atoms with Crippen LogP contribution in [0.5, 0.6) is 5.75 Å². The van der Waals surface area contributed by atoms with Gasteiger partial charge in [0.2, 0.25) is 0 Å². The second-order valence-corrected chi connectivity index (χ2v) is 8.83. The molecular weight excluding hydrogens is 364 g/mol. The van der Waals surface area contributed by atoms with Crippen molar-refractivity contribution in [1.82, 2.24) is 4.98 Å². The van der Waals surface area contributed by atoms with E-state index in [0.717, 1.165) is 17.9 Å². The van der Waals surface area contributed by atoms with Crippen LogP contribution in [0.3, 0.4) is 0 Å². The van der Waals surface area contributed by atoms with Crippen LogP contribution in [0.4, 0.5) is 11.5 Å². The molecule has 6 nitrogen and oxygen atoms in total. The van der Waals surface area contributed by atoms with Gasteiger partial charge in [-0.1, -0.05) is 0 Å². The van der Waals surface area contributed by atoms with Crippen molar-refractivity contribution in [2.24, 2.45) is 17.3 Å². The molecule has 2 fully saturated rings. The van der Waals surface area contributed by atoms with Crippen LogP contribution >= 0.6 is 0 Å². The van der Waals surface area contributed by atoms with Gasteiger partial charge < -0.3 is 20.5 Å². The predicted molar refractivity (Wildman–Crippen MR) is 118 cm³/mol. The number of benzene rings is 1. The van der Waals surface area contributed by atoms with Gasteiger partial charge in [0.1, 0.15) is 18.3 Å². The minimum absolute atomic E-state index is 0. The molecule has 0 radical (unpaired) electrons. The van der Waals surface area contributed by atoms with Crippen LogP contribution in [0, 0.1) is 22.7 Å². The Bertz CT molecular complexity index is 957.